The first kappa shape index (κ1) is 15.5. The van der Waals surface area contributed by atoms with Crippen molar-refractivity contribution in [1.29, 1.82) is 0 Å². The van der Waals surface area contributed by atoms with Gasteiger partial charge in [0.05, 0.1) is 4.90 Å². The molecule has 1 aliphatic carbocycles. The quantitative estimate of drug-likeness (QED) is 0.811. The molecule has 0 amide bonds. The second-order valence-electron chi connectivity index (χ2n) is 5.93. The van der Waals surface area contributed by atoms with Gasteiger partial charge >= 0.3 is 0 Å². The van der Waals surface area contributed by atoms with Crippen molar-refractivity contribution in [1.82, 2.24) is 10.0 Å². The van der Waals surface area contributed by atoms with Gasteiger partial charge < -0.3 is 5.32 Å². The van der Waals surface area contributed by atoms with Crippen molar-refractivity contribution < 1.29 is 8.42 Å². The molecule has 20 heavy (non-hydrogen) atoms. The predicted molar refractivity (Wildman–Crippen MR) is 80.9 cm³/mol. The topological polar surface area (TPSA) is 58.2 Å². The minimum atomic E-state index is -3.40. The molecule has 1 atom stereocenters. The second kappa shape index (κ2) is 6.24. The zero-order valence-electron chi connectivity index (χ0n) is 12.4. The summed E-state index contributed by atoms with van der Waals surface area (Å²) in [5.74, 6) is 0.510. The Morgan fingerprint density at radius 1 is 1.25 bits per heavy atom. The molecule has 1 aromatic rings. The fourth-order valence-electron chi connectivity index (χ4n) is 2.15. The largest absolute Gasteiger partial charge is 0.310 e. The summed E-state index contributed by atoms with van der Waals surface area (Å²) in [6.45, 7) is 6.76. The molecule has 2 N–H and O–H groups in total. The zero-order chi connectivity index (χ0) is 14.8. The second-order valence-corrected chi connectivity index (χ2v) is 7.64. The average molecular weight is 296 g/mol. The molecule has 0 radical (unpaired) electrons. The van der Waals surface area contributed by atoms with Gasteiger partial charge in [0, 0.05) is 18.6 Å². The Morgan fingerprint density at radius 3 is 2.55 bits per heavy atom. The third kappa shape index (κ3) is 4.30. The monoisotopic (exact) mass is 296 g/mol. The van der Waals surface area contributed by atoms with Crippen LogP contribution in [0.4, 0.5) is 0 Å². The maximum atomic E-state index is 12.3. The summed E-state index contributed by atoms with van der Waals surface area (Å²) in [5, 5.41) is 3.29. The molecule has 0 aromatic heterocycles. The molecule has 4 nitrogen and oxygen atoms in total. The third-order valence-electron chi connectivity index (χ3n) is 3.59. The fraction of sp³-hybridized carbons (Fsp3) is 0.600. The van der Waals surface area contributed by atoms with Crippen molar-refractivity contribution >= 4 is 10.0 Å². The van der Waals surface area contributed by atoms with Crippen molar-refractivity contribution in [2.75, 3.05) is 0 Å². The maximum absolute atomic E-state index is 12.3. The van der Waals surface area contributed by atoms with E-state index in [1.165, 1.54) is 0 Å². The summed E-state index contributed by atoms with van der Waals surface area (Å²) >= 11 is 0. The Labute approximate surface area is 122 Å². The van der Waals surface area contributed by atoms with E-state index in [0.717, 1.165) is 18.4 Å². The van der Waals surface area contributed by atoms with E-state index in [2.05, 4.69) is 23.9 Å². The van der Waals surface area contributed by atoms with Crippen LogP contribution in [0.2, 0.25) is 0 Å². The van der Waals surface area contributed by atoms with Gasteiger partial charge in [-0.3, -0.25) is 0 Å². The van der Waals surface area contributed by atoms with E-state index < -0.39 is 10.0 Å². The van der Waals surface area contributed by atoms with E-state index in [0.29, 0.717) is 23.4 Å². The molecule has 2 rings (SSSR count). The zero-order valence-corrected chi connectivity index (χ0v) is 13.2. The molecule has 1 aromatic carbocycles. The minimum Gasteiger partial charge on any atom is -0.310 e. The lowest BCUT2D eigenvalue weighted by atomic mass is 10.2. The number of hydrogen-bond acceptors (Lipinski definition) is 3. The molecule has 1 fully saturated rings. The molecule has 1 saturated carbocycles. The van der Waals surface area contributed by atoms with E-state index >= 15 is 0 Å². The van der Waals surface area contributed by atoms with Gasteiger partial charge in [-0.25, -0.2) is 13.1 Å². The number of benzene rings is 1. The smallest absolute Gasteiger partial charge is 0.240 e. The lowest BCUT2D eigenvalue weighted by Crippen LogP contribution is -2.34. The highest BCUT2D eigenvalue weighted by Crippen LogP contribution is 2.33. The third-order valence-corrected chi connectivity index (χ3v) is 5.15. The van der Waals surface area contributed by atoms with Crippen LogP contribution < -0.4 is 10.0 Å². The highest BCUT2D eigenvalue weighted by molar-refractivity contribution is 7.89. The Balaban J connectivity index is 2.08. The maximum Gasteiger partial charge on any atom is 0.240 e. The summed E-state index contributed by atoms with van der Waals surface area (Å²) in [4.78, 5) is 0.355. The first-order valence-corrected chi connectivity index (χ1v) is 8.71. The lowest BCUT2D eigenvalue weighted by Gasteiger charge is -2.14. The SMILES string of the molecule is CC(C)NCc1cccc(S(=O)(=O)NC(C)C2CC2)c1. The first-order chi connectivity index (χ1) is 9.38. The van der Waals surface area contributed by atoms with Gasteiger partial charge in [0.1, 0.15) is 0 Å². The van der Waals surface area contributed by atoms with Crippen LogP contribution in [-0.2, 0) is 16.6 Å². The average Bonchev–Trinajstić information content (AvgIpc) is 3.20. The molecule has 1 unspecified atom stereocenters. The van der Waals surface area contributed by atoms with E-state index in [4.69, 9.17) is 0 Å². The molecule has 0 aliphatic heterocycles. The van der Waals surface area contributed by atoms with Crippen LogP contribution >= 0.6 is 0 Å². The number of rotatable bonds is 7. The van der Waals surface area contributed by atoms with E-state index in [1.54, 1.807) is 18.2 Å². The van der Waals surface area contributed by atoms with Crippen LogP contribution in [0.5, 0.6) is 0 Å². The highest BCUT2D eigenvalue weighted by Gasteiger charge is 2.31. The molecule has 112 valence electrons. The summed E-state index contributed by atoms with van der Waals surface area (Å²) < 4.78 is 27.4. The van der Waals surface area contributed by atoms with Crippen LogP contribution in [0, 0.1) is 5.92 Å². The molecule has 1 aliphatic rings. The van der Waals surface area contributed by atoms with Crippen molar-refractivity contribution in [2.45, 2.75) is 57.1 Å². The van der Waals surface area contributed by atoms with Gasteiger partial charge in [0.25, 0.3) is 0 Å². The Bertz CT molecular complexity index is 551. The number of nitrogens with one attached hydrogen (secondary N) is 2. The van der Waals surface area contributed by atoms with Crippen LogP contribution in [0.25, 0.3) is 0 Å². The standard InChI is InChI=1S/C15H24N2O2S/c1-11(2)16-10-13-5-4-6-15(9-13)20(18,19)17-12(3)14-7-8-14/h4-6,9,11-12,14,16-17H,7-8,10H2,1-3H3. The van der Waals surface area contributed by atoms with Crippen LogP contribution in [0.1, 0.15) is 39.2 Å². The Morgan fingerprint density at radius 2 is 1.95 bits per heavy atom. The molecule has 0 heterocycles. The highest BCUT2D eigenvalue weighted by atomic mass is 32.2. The van der Waals surface area contributed by atoms with Crippen LogP contribution in [-0.4, -0.2) is 20.5 Å². The Kier molecular flexibility index (Phi) is 4.83. The van der Waals surface area contributed by atoms with Gasteiger partial charge in [-0.2, -0.15) is 0 Å². The summed E-state index contributed by atoms with van der Waals surface area (Å²) in [6, 6.07) is 7.55. The van der Waals surface area contributed by atoms with E-state index in [1.807, 2.05) is 13.0 Å². The summed E-state index contributed by atoms with van der Waals surface area (Å²) in [6.07, 6.45) is 2.25. The van der Waals surface area contributed by atoms with Gasteiger partial charge in [0.2, 0.25) is 10.0 Å². The molecule has 0 saturated heterocycles. The summed E-state index contributed by atoms with van der Waals surface area (Å²) in [7, 11) is -3.40. The van der Waals surface area contributed by atoms with E-state index in [9.17, 15) is 8.42 Å². The van der Waals surface area contributed by atoms with Crippen molar-refractivity contribution in [2.24, 2.45) is 5.92 Å². The minimum absolute atomic E-state index is 0.0254. The van der Waals surface area contributed by atoms with Crippen molar-refractivity contribution in [3.8, 4) is 0 Å². The van der Waals surface area contributed by atoms with Gasteiger partial charge in [-0.15, -0.1) is 0 Å². The molecular weight excluding hydrogens is 272 g/mol. The lowest BCUT2D eigenvalue weighted by molar-refractivity contribution is 0.537. The van der Waals surface area contributed by atoms with Gasteiger partial charge in [-0.05, 0) is 43.4 Å². The molecule has 0 bridgehead atoms. The first-order valence-electron chi connectivity index (χ1n) is 7.23. The van der Waals surface area contributed by atoms with Crippen molar-refractivity contribution in [3.63, 3.8) is 0 Å². The Hall–Kier alpha value is -0.910. The predicted octanol–water partition coefficient (Wildman–Crippen LogP) is 2.26. The van der Waals surface area contributed by atoms with E-state index in [-0.39, 0.29) is 6.04 Å². The molecule has 0 spiro atoms. The molecule has 5 heteroatoms. The normalized spacial score (nSPS) is 17.4. The fourth-order valence-corrected chi connectivity index (χ4v) is 3.53. The van der Waals surface area contributed by atoms with Gasteiger partial charge in [0.15, 0.2) is 0 Å². The number of sulfonamides is 1. The molecular formula is C15H24N2O2S. The van der Waals surface area contributed by atoms with Crippen LogP contribution in [0.15, 0.2) is 29.2 Å². The van der Waals surface area contributed by atoms with Crippen LogP contribution in [0.3, 0.4) is 0 Å². The number of hydrogen-bond donors (Lipinski definition) is 2. The van der Waals surface area contributed by atoms with Crippen molar-refractivity contribution in [3.05, 3.63) is 29.8 Å². The van der Waals surface area contributed by atoms with Gasteiger partial charge in [-0.1, -0.05) is 26.0 Å². The summed E-state index contributed by atoms with van der Waals surface area (Å²) in [5.41, 5.74) is 0.987.